The molecule has 8 heavy (non-hydrogen) atoms. The largest absolute Gasteiger partial charge is 0.396 e. The van der Waals surface area contributed by atoms with Crippen LogP contribution in [0.5, 0.6) is 0 Å². The molecule has 1 N–H and O–H groups in total. The average molecular weight is 141 g/mol. The van der Waals surface area contributed by atoms with Gasteiger partial charge in [0.15, 0.2) is 0 Å². The fraction of sp³-hybridized carbons (Fsp3) is 1.00. The maximum atomic E-state index is 8.29. The first-order valence-electron chi connectivity index (χ1n) is 3.02. The third-order valence-corrected chi connectivity index (χ3v) is 1.01. The van der Waals surface area contributed by atoms with Gasteiger partial charge in [-0.2, -0.15) is 0 Å². The topological polar surface area (TPSA) is 20.2 Å². The Bertz CT molecular complexity index is 27.7. The van der Waals surface area contributed by atoms with Gasteiger partial charge >= 0.3 is 0 Å². The summed E-state index contributed by atoms with van der Waals surface area (Å²) in [4.78, 5) is 0. The van der Waals surface area contributed by atoms with Crippen molar-refractivity contribution in [2.45, 2.75) is 32.6 Å². The first-order valence-corrected chi connectivity index (χ1v) is 3.02. The summed E-state index contributed by atoms with van der Waals surface area (Å²) < 4.78 is 0. The van der Waals surface area contributed by atoms with Crippen LogP contribution in [-0.4, -0.2) is 63.1 Å². The minimum Gasteiger partial charge on any atom is -0.396 e. The second kappa shape index (κ2) is 11.4. The summed E-state index contributed by atoms with van der Waals surface area (Å²) in [5, 5.41) is 8.29. The Morgan fingerprint density at radius 1 is 1.12 bits per heavy atom. The van der Waals surface area contributed by atoms with E-state index in [1.54, 1.807) is 0 Å². The molecule has 0 amide bonds. The first-order chi connectivity index (χ1) is 3.41. The van der Waals surface area contributed by atoms with Crippen LogP contribution in [-0.2, 0) is 0 Å². The normalized spacial score (nSPS) is 8.25. The van der Waals surface area contributed by atoms with Gasteiger partial charge in [-0.05, 0) is 6.42 Å². The zero-order chi connectivity index (χ0) is 5.54. The number of hydrogen-bond donors (Lipinski definition) is 1. The summed E-state index contributed by atoms with van der Waals surface area (Å²) in [6, 6.07) is 0. The molecule has 45 valence electrons. The molecular formula is C6H14KO. The molecule has 1 nitrogen and oxygen atoms in total. The molecule has 0 atom stereocenters. The molecule has 0 unspecified atom stereocenters. The van der Waals surface area contributed by atoms with E-state index >= 15 is 0 Å². The van der Waals surface area contributed by atoms with Crippen LogP contribution in [0.3, 0.4) is 0 Å². The van der Waals surface area contributed by atoms with Crippen LogP contribution >= 0.6 is 0 Å². The van der Waals surface area contributed by atoms with Crippen LogP contribution in [0.25, 0.3) is 0 Å². The maximum Gasteiger partial charge on any atom is 0.0431 e. The zero-order valence-electron chi connectivity index (χ0n) is 5.98. The van der Waals surface area contributed by atoms with E-state index in [2.05, 4.69) is 6.92 Å². The van der Waals surface area contributed by atoms with Crippen molar-refractivity contribution in [1.82, 2.24) is 0 Å². The van der Waals surface area contributed by atoms with Crippen molar-refractivity contribution >= 4 is 51.4 Å². The smallest absolute Gasteiger partial charge is 0.0431 e. The Kier molecular flexibility index (Phi) is 17.5. The molecule has 0 aromatic heterocycles. The van der Waals surface area contributed by atoms with Gasteiger partial charge < -0.3 is 5.11 Å². The molecule has 0 bridgehead atoms. The van der Waals surface area contributed by atoms with E-state index in [-0.39, 0.29) is 51.4 Å². The Hall–Kier alpha value is 1.60. The van der Waals surface area contributed by atoms with Crippen LogP contribution in [0, 0.1) is 0 Å². The Balaban J connectivity index is 0. The van der Waals surface area contributed by atoms with Gasteiger partial charge in [0.1, 0.15) is 0 Å². The fourth-order valence-corrected chi connectivity index (χ4v) is 0.539. The average Bonchev–Trinajstić information content (AvgIpc) is 1.69. The molecule has 1 radical (unpaired) electrons. The monoisotopic (exact) mass is 141 g/mol. The summed E-state index contributed by atoms with van der Waals surface area (Å²) >= 11 is 0. The molecule has 2 heteroatoms. The Morgan fingerprint density at radius 2 is 1.75 bits per heavy atom. The van der Waals surface area contributed by atoms with Crippen molar-refractivity contribution in [2.24, 2.45) is 0 Å². The predicted molar refractivity (Wildman–Crippen MR) is 37.0 cm³/mol. The molecule has 0 spiro atoms. The van der Waals surface area contributed by atoms with Gasteiger partial charge in [-0.3, -0.25) is 0 Å². The molecule has 0 heterocycles. The van der Waals surface area contributed by atoms with Gasteiger partial charge in [-0.15, -0.1) is 0 Å². The number of unbranched alkanes of at least 4 members (excludes halogenated alkanes) is 3. The van der Waals surface area contributed by atoms with E-state index in [0.29, 0.717) is 6.61 Å². The van der Waals surface area contributed by atoms with Gasteiger partial charge in [-0.25, -0.2) is 0 Å². The third kappa shape index (κ3) is 10.6. The number of aliphatic hydroxyl groups is 1. The molecule has 0 rings (SSSR count). The van der Waals surface area contributed by atoms with Crippen LogP contribution in [0.1, 0.15) is 32.6 Å². The van der Waals surface area contributed by atoms with Crippen LogP contribution in [0.15, 0.2) is 0 Å². The molecule has 0 aromatic rings. The zero-order valence-corrected chi connectivity index (χ0v) is 9.11. The molecule has 0 aliphatic rings. The minimum atomic E-state index is 0. The van der Waals surface area contributed by atoms with E-state index in [0.717, 1.165) is 6.42 Å². The van der Waals surface area contributed by atoms with Gasteiger partial charge in [0.2, 0.25) is 0 Å². The number of aliphatic hydroxyl groups excluding tert-OH is 1. The first kappa shape index (κ1) is 12.3. The molecule has 0 fully saturated rings. The second-order valence-corrected chi connectivity index (χ2v) is 1.78. The molecule has 0 saturated carbocycles. The maximum absolute atomic E-state index is 8.29. The predicted octanol–water partition coefficient (Wildman–Crippen LogP) is 1.18. The van der Waals surface area contributed by atoms with E-state index < -0.39 is 0 Å². The fourth-order valence-electron chi connectivity index (χ4n) is 0.539. The summed E-state index contributed by atoms with van der Waals surface area (Å²) in [5.41, 5.74) is 0. The van der Waals surface area contributed by atoms with E-state index in [1.807, 2.05) is 0 Å². The number of hydrogen-bond acceptors (Lipinski definition) is 1. The quantitative estimate of drug-likeness (QED) is 0.460. The molecule has 0 aromatic carbocycles. The summed E-state index contributed by atoms with van der Waals surface area (Å²) in [7, 11) is 0. The summed E-state index contributed by atoms with van der Waals surface area (Å²) in [5.74, 6) is 0. The van der Waals surface area contributed by atoms with Gasteiger partial charge in [0.25, 0.3) is 0 Å². The second-order valence-electron chi connectivity index (χ2n) is 1.78. The molecular weight excluding hydrogens is 127 g/mol. The van der Waals surface area contributed by atoms with Crippen molar-refractivity contribution in [3.05, 3.63) is 0 Å². The number of rotatable bonds is 4. The van der Waals surface area contributed by atoms with E-state index in [1.165, 1.54) is 19.3 Å². The van der Waals surface area contributed by atoms with Gasteiger partial charge in [0, 0.05) is 58.0 Å². The van der Waals surface area contributed by atoms with Crippen molar-refractivity contribution in [3.63, 3.8) is 0 Å². The van der Waals surface area contributed by atoms with Crippen molar-refractivity contribution in [3.8, 4) is 0 Å². The van der Waals surface area contributed by atoms with Gasteiger partial charge in [0.05, 0.1) is 0 Å². The minimum absolute atomic E-state index is 0. The third-order valence-electron chi connectivity index (χ3n) is 1.01. The van der Waals surface area contributed by atoms with E-state index in [9.17, 15) is 0 Å². The van der Waals surface area contributed by atoms with Crippen molar-refractivity contribution < 1.29 is 5.11 Å². The summed E-state index contributed by atoms with van der Waals surface area (Å²) in [6.07, 6.45) is 4.68. The Morgan fingerprint density at radius 3 is 2.12 bits per heavy atom. The molecule has 0 aliphatic carbocycles. The Labute approximate surface area is 94.3 Å². The molecule has 0 aliphatic heterocycles. The van der Waals surface area contributed by atoms with Crippen molar-refractivity contribution in [1.29, 1.82) is 0 Å². The molecule has 0 saturated heterocycles. The standard InChI is InChI=1S/C6H14O.K/c1-2-3-4-5-6-7;/h7H,2-6H2,1H3;. The SMILES string of the molecule is CCCCCCO.[K]. The van der Waals surface area contributed by atoms with Gasteiger partial charge in [-0.1, -0.05) is 26.2 Å². The van der Waals surface area contributed by atoms with Crippen LogP contribution in [0.4, 0.5) is 0 Å². The van der Waals surface area contributed by atoms with Crippen LogP contribution in [0.2, 0.25) is 0 Å². The summed E-state index contributed by atoms with van der Waals surface area (Å²) in [6.45, 7) is 2.53. The van der Waals surface area contributed by atoms with E-state index in [4.69, 9.17) is 5.11 Å². The van der Waals surface area contributed by atoms with Crippen molar-refractivity contribution in [2.75, 3.05) is 6.61 Å². The van der Waals surface area contributed by atoms with Crippen LogP contribution < -0.4 is 0 Å².